The molecule has 1 heterocycles. The number of hydrogen-bond acceptors (Lipinski definition) is 3. The third kappa shape index (κ3) is 3.74. The summed E-state index contributed by atoms with van der Waals surface area (Å²) >= 11 is 3.23. The number of carbonyl (C=O) groups is 1. The van der Waals surface area contributed by atoms with E-state index >= 15 is 0 Å². The molecule has 0 aliphatic heterocycles. The molecule has 0 spiro atoms. The van der Waals surface area contributed by atoms with Gasteiger partial charge in [-0.15, -0.1) is 0 Å². The Bertz CT molecular complexity index is 1030. The molecule has 0 fully saturated rings. The van der Waals surface area contributed by atoms with Crippen LogP contribution in [-0.4, -0.2) is 5.91 Å². The van der Waals surface area contributed by atoms with Crippen molar-refractivity contribution in [2.24, 2.45) is 0 Å². The molecule has 0 aliphatic rings. The second-order valence-corrected chi connectivity index (χ2v) is 6.06. The highest BCUT2D eigenvalue weighted by Gasteiger charge is 2.30. The van der Waals surface area contributed by atoms with Gasteiger partial charge < -0.3 is 9.73 Å². The number of amides is 1. The Morgan fingerprint density at radius 1 is 1.08 bits per heavy atom. The van der Waals surface area contributed by atoms with Crippen LogP contribution in [0.25, 0.3) is 11.0 Å². The van der Waals surface area contributed by atoms with Gasteiger partial charge in [0.25, 0.3) is 5.91 Å². The molecule has 3 rings (SSSR count). The fourth-order valence-corrected chi connectivity index (χ4v) is 2.55. The molecule has 25 heavy (non-hydrogen) atoms. The Balaban J connectivity index is 1.94. The lowest BCUT2D eigenvalue weighted by Gasteiger charge is -2.09. The standard InChI is InChI=1S/C17H9BrF3NO3/c18-10-4-5-12-13(23)8-15(25-14(12)7-10)16(24)22-11-3-1-2-9(6-11)17(19,20)21/h1-8H,(H,22,24). The van der Waals surface area contributed by atoms with Crippen molar-refractivity contribution in [2.75, 3.05) is 5.32 Å². The summed E-state index contributed by atoms with van der Waals surface area (Å²) in [6, 6.07) is 9.89. The zero-order chi connectivity index (χ0) is 18.2. The van der Waals surface area contributed by atoms with E-state index < -0.39 is 23.1 Å². The molecule has 0 bridgehead atoms. The molecule has 3 aromatic rings. The molecule has 0 atom stereocenters. The minimum Gasteiger partial charge on any atom is -0.451 e. The predicted octanol–water partition coefficient (Wildman–Crippen LogP) is 4.83. The summed E-state index contributed by atoms with van der Waals surface area (Å²) in [5.41, 5.74) is -1.19. The highest BCUT2D eigenvalue weighted by Crippen LogP contribution is 2.30. The fraction of sp³-hybridized carbons (Fsp3) is 0.0588. The topological polar surface area (TPSA) is 59.3 Å². The van der Waals surface area contributed by atoms with Crippen molar-refractivity contribution in [1.82, 2.24) is 0 Å². The quantitative estimate of drug-likeness (QED) is 0.656. The molecule has 8 heteroatoms. The highest BCUT2D eigenvalue weighted by molar-refractivity contribution is 9.10. The van der Waals surface area contributed by atoms with Gasteiger partial charge in [0.15, 0.2) is 11.2 Å². The van der Waals surface area contributed by atoms with Crippen LogP contribution in [0.15, 0.2) is 62.2 Å². The maximum atomic E-state index is 12.7. The van der Waals surface area contributed by atoms with Crippen LogP contribution in [0.5, 0.6) is 0 Å². The number of fused-ring (bicyclic) bond motifs is 1. The summed E-state index contributed by atoms with van der Waals surface area (Å²) in [6.45, 7) is 0. The summed E-state index contributed by atoms with van der Waals surface area (Å²) in [5.74, 6) is -1.12. The normalized spacial score (nSPS) is 11.5. The van der Waals surface area contributed by atoms with E-state index in [2.05, 4.69) is 21.2 Å². The van der Waals surface area contributed by atoms with Gasteiger partial charge in [0, 0.05) is 16.2 Å². The Morgan fingerprint density at radius 3 is 2.56 bits per heavy atom. The second kappa shape index (κ2) is 6.36. The van der Waals surface area contributed by atoms with E-state index in [0.29, 0.717) is 9.86 Å². The molecule has 1 N–H and O–H groups in total. The number of carbonyl (C=O) groups excluding carboxylic acids is 1. The Morgan fingerprint density at radius 2 is 1.84 bits per heavy atom. The van der Waals surface area contributed by atoms with Gasteiger partial charge in [-0.25, -0.2) is 0 Å². The zero-order valence-electron chi connectivity index (χ0n) is 12.4. The fourth-order valence-electron chi connectivity index (χ4n) is 2.21. The van der Waals surface area contributed by atoms with Crippen LogP contribution in [0.4, 0.5) is 18.9 Å². The van der Waals surface area contributed by atoms with Gasteiger partial charge >= 0.3 is 6.18 Å². The third-order valence-electron chi connectivity index (χ3n) is 3.36. The summed E-state index contributed by atoms with van der Waals surface area (Å²) in [5, 5.41) is 2.58. The van der Waals surface area contributed by atoms with Gasteiger partial charge in [0.1, 0.15) is 5.58 Å². The van der Waals surface area contributed by atoms with Crippen molar-refractivity contribution in [3.05, 3.63) is 74.6 Å². The monoisotopic (exact) mass is 411 g/mol. The smallest absolute Gasteiger partial charge is 0.416 e. The summed E-state index contributed by atoms with van der Waals surface area (Å²) in [4.78, 5) is 24.3. The molecule has 1 aromatic heterocycles. The predicted molar refractivity (Wildman–Crippen MR) is 89.6 cm³/mol. The van der Waals surface area contributed by atoms with Crippen LogP contribution >= 0.6 is 15.9 Å². The van der Waals surface area contributed by atoms with Crippen LogP contribution in [-0.2, 0) is 6.18 Å². The second-order valence-electron chi connectivity index (χ2n) is 5.15. The zero-order valence-corrected chi connectivity index (χ0v) is 13.9. The molecule has 2 aromatic carbocycles. The van der Waals surface area contributed by atoms with Gasteiger partial charge in [0.2, 0.25) is 0 Å². The molecule has 0 aliphatic carbocycles. The van der Waals surface area contributed by atoms with Gasteiger partial charge in [-0.1, -0.05) is 22.0 Å². The summed E-state index contributed by atoms with van der Waals surface area (Å²) in [6.07, 6.45) is -4.53. The molecular weight excluding hydrogens is 403 g/mol. The number of rotatable bonds is 2. The Kier molecular flexibility index (Phi) is 4.38. The number of alkyl halides is 3. The summed E-state index contributed by atoms with van der Waals surface area (Å²) in [7, 11) is 0. The van der Waals surface area contributed by atoms with Crippen LogP contribution in [0.2, 0.25) is 0 Å². The van der Waals surface area contributed by atoms with Crippen molar-refractivity contribution in [1.29, 1.82) is 0 Å². The molecule has 4 nitrogen and oxygen atoms in total. The van der Waals surface area contributed by atoms with Crippen LogP contribution in [0, 0.1) is 0 Å². The number of hydrogen-bond donors (Lipinski definition) is 1. The maximum Gasteiger partial charge on any atom is 0.416 e. The van der Waals surface area contributed by atoms with Crippen molar-refractivity contribution in [3.63, 3.8) is 0 Å². The van der Waals surface area contributed by atoms with Crippen LogP contribution in [0.3, 0.4) is 0 Å². The summed E-state index contributed by atoms with van der Waals surface area (Å²) < 4.78 is 44.2. The molecule has 128 valence electrons. The van der Waals surface area contributed by atoms with Gasteiger partial charge in [-0.3, -0.25) is 9.59 Å². The Hall–Kier alpha value is -2.61. The van der Waals surface area contributed by atoms with Crippen LogP contribution < -0.4 is 10.7 Å². The molecule has 0 saturated carbocycles. The lowest BCUT2D eigenvalue weighted by atomic mass is 10.2. The first-order valence-corrected chi connectivity index (χ1v) is 7.75. The van der Waals surface area contributed by atoms with E-state index in [1.165, 1.54) is 18.2 Å². The minimum atomic E-state index is -4.53. The number of benzene rings is 2. The lowest BCUT2D eigenvalue weighted by Crippen LogP contribution is -2.15. The SMILES string of the molecule is O=C(Nc1cccc(C(F)(F)F)c1)c1cc(=O)c2ccc(Br)cc2o1. The van der Waals surface area contributed by atoms with Crippen molar-refractivity contribution >= 4 is 38.5 Å². The molecule has 0 unspecified atom stereocenters. The van der Waals surface area contributed by atoms with E-state index in [1.807, 2.05) is 0 Å². The van der Waals surface area contributed by atoms with Crippen molar-refractivity contribution < 1.29 is 22.4 Å². The average Bonchev–Trinajstić information content (AvgIpc) is 2.53. The minimum absolute atomic E-state index is 0.0585. The van der Waals surface area contributed by atoms with Crippen molar-refractivity contribution in [2.45, 2.75) is 6.18 Å². The number of halogens is 4. The first kappa shape index (κ1) is 17.2. The van der Waals surface area contributed by atoms with Gasteiger partial charge in [-0.05, 0) is 36.4 Å². The lowest BCUT2D eigenvalue weighted by molar-refractivity contribution is -0.137. The van der Waals surface area contributed by atoms with E-state index in [4.69, 9.17) is 4.42 Å². The van der Waals surface area contributed by atoms with Gasteiger partial charge in [-0.2, -0.15) is 13.2 Å². The number of nitrogens with one attached hydrogen (secondary N) is 1. The first-order valence-electron chi connectivity index (χ1n) is 6.96. The first-order chi connectivity index (χ1) is 11.7. The third-order valence-corrected chi connectivity index (χ3v) is 3.86. The van der Waals surface area contributed by atoms with Crippen molar-refractivity contribution in [3.8, 4) is 0 Å². The largest absolute Gasteiger partial charge is 0.451 e. The Labute approximate surface area is 147 Å². The van der Waals surface area contributed by atoms with E-state index in [1.54, 1.807) is 12.1 Å². The van der Waals surface area contributed by atoms with E-state index in [-0.39, 0.29) is 17.0 Å². The van der Waals surface area contributed by atoms with E-state index in [0.717, 1.165) is 18.2 Å². The molecule has 1 amide bonds. The molecular formula is C17H9BrF3NO3. The maximum absolute atomic E-state index is 12.7. The van der Waals surface area contributed by atoms with Gasteiger partial charge in [0.05, 0.1) is 10.9 Å². The molecule has 0 radical (unpaired) electrons. The highest BCUT2D eigenvalue weighted by atomic mass is 79.9. The molecule has 0 saturated heterocycles. The average molecular weight is 412 g/mol. The van der Waals surface area contributed by atoms with E-state index in [9.17, 15) is 22.8 Å². The number of anilines is 1. The van der Waals surface area contributed by atoms with Crippen LogP contribution in [0.1, 0.15) is 16.1 Å².